The summed E-state index contributed by atoms with van der Waals surface area (Å²) in [6.45, 7) is 1.59. The second-order valence-electron chi connectivity index (χ2n) is 3.40. The van der Waals surface area contributed by atoms with Crippen molar-refractivity contribution < 1.29 is 14.4 Å². The van der Waals surface area contributed by atoms with Crippen molar-refractivity contribution in [3.05, 3.63) is 39.7 Å². The van der Waals surface area contributed by atoms with Crippen LogP contribution in [0.5, 0.6) is 0 Å². The highest BCUT2D eigenvalue weighted by molar-refractivity contribution is 5.36. The Morgan fingerprint density at radius 1 is 1.60 bits per heavy atom. The molecule has 1 aromatic carbocycles. The maximum atomic E-state index is 13.5. The molecule has 1 N–H and O–H groups in total. The van der Waals surface area contributed by atoms with Crippen molar-refractivity contribution in [2.24, 2.45) is 0 Å². The van der Waals surface area contributed by atoms with E-state index in [2.05, 4.69) is 0 Å². The van der Waals surface area contributed by atoms with Gasteiger partial charge in [0.1, 0.15) is 0 Å². The molecule has 0 bridgehead atoms. The van der Waals surface area contributed by atoms with Gasteiger partial charge in [0, 0.05) is 6.07 Å². The first kappa shape index (κ1) is 11.6. The van der Waals surface area contributed by atoms with Crippen molar-refractivity contribution in [1.29, 1.82) is 0 Å². The second kappa shape index (κ2) is 4.84. The first-order chi connectivity index (χ1) is 7.02. The predicted molar refractivity (Wildman–Crippen MR) is 53.1 cm³/mol. The quantitative estimate of drug-likeness (QED) is 0.615. The molecule has 82 valence electrons. The van der Waals surface area contributed by atoms with Gasteiger partial charge in [-0.3, -0.25) is 10.1 Å². The number of hydrogen-bond acceptors (Lipinski definition) is 3. The molecule has 0 aromatic heterocycles. The molecular weight excluding hydrogens is 201 g/mol. The maximum absolute atomic E-state index is 13.5. The van der Waals surface area contributed by atoms with Gasteiger partial charge in [0.25, 0.3) is 0 Å². The summed E-state index contributed by atoms with van der Waals surface area (Å²) in [7, 11) is 0. The molecule has 0 aliphatic rings. The fraction of sp³-hybridized carbons (Fsp3) is 0.400. The number of nitrogens with zero attached hydrogens (tertiary/aromatic N) is 1. The Labute approximate surface area is 86.5 Å². The first-order valence-corrected chi connectivity index (χ1v) is 4.62. The molecule has 1 rings (SSSR count). The van der Waals surface area contributed by atoms with Gasteiger partial charge in [0.2, 0.25) is 5.82 Å². The molecule has 1 atom stereocenters. The Morgan fingerprint density at radius 3 is 2.80 bits per heavy atom. The Balaban J connectivity index is 2.89. The highest BCUT2D eigenvalue weighted by atomic mass is 19.1. The van der Waals surface area contributed by atoms with Gasteiger partial charge in [-0.25, -0.2) is 0 Å². The molecule has 0 amide bonds. The monoisotopic (exact) mass is 213 g/mol. The summed E-state index contributed by atoms with van der Waals surface area (Å²) >= 11 is 0. The molecule has 0 saturated carbocycles. The van der Waals surface area contributed by atoms with Crippen molar-refractivity contribution in [3.63, 3.8) is 0 Å². The summed E-state index contributed by atoms with van der Waals surface area (Å²) in [5.74, 6) is -0.803. The number of aryl methyl sites for hydroxylation is 1. The SMILES string of the molecule is C[C@H](O)CCc1cccc([N+](=O)[O-])c1F. The highest BCUT2D eigenvalue weighted by Crippen LogP contribution is 2.21. The third kappa shape index (κ3) is 2.99. The van der Waals surface area contributed by atoms with Crippen LogP contribution in [0.25, 0.3) is 0 Å². The smallest absolute Gasteiger partial charge is 0.305 e. The molecule has 0 unspecified atom stereocenters. The zero-order valence-corrected chi connectivity index (χ0v) is 8.31. The van der Waals surface area contributed by atoms with Crippen LogP contribution in [0.2, 0.25) is 0 Å². The average molecular weight is 213 g/mol. The molecule has 0 fully saturated rings. The van der Waals surface area contributed by atoms with Gasteiger partial charge in [-0.1, -0.05) is 12.1 Å². The first-order valence-electron chi connectivity index (χ1n) is 4.62. The molecule has 0 radical (unpaired) electrons. The van der Waals surface area contributed by atoms with Crippen molar-refractivity contribution in [3.8, 4) is 0 Å². The van der Waals surface area contributed by atoms with Gasteiger partial charge < -0.3 is 5.11 Å². The van der Waals surface area contributed by atoms with Crippen molar-refractivity contribution >= 4 is 5.69 Å². The molecule has 15 heavy (non-hydrogen) atoms. The number of halogens is 1. The van der Waals surface area contributed by atoms with Crippen molar-refractivity contribution in [1.82, 2.24) is 0 Å². The number of aliphatic hydroxyl groups is 1. The van der Waals surface area contributed by atoms with Gasteiger partial charge >= 0.3 is 5.69 Å². The van der Waals surface area contributed by atoms with Crippen molar-refractivity contribution in [2.75, 3.05) is 0 Å². The third-order valence-corrected chi connectivity index (χ3v) is 2.09. The number of rotatable bonds is 4. The van der Waals surface area contributed by atoms with E-state index in [0.29, 0.717) is 12.8 Å². The van der Waals surface area contributed by atoms with Crippen LogP contribution in [0.3, 0.4) is 0 Å². The molecule has 0 spiro atoms. The van der Waals surface area contributed by atoms with Crippen LogP contribution in [0.1, 0.15) is 18.9 Å². The van der Waals surface area contributed by atoms with Crippen LogP contribution >= 0.6 is 0 Å². The van der Waals surface area contributed by atoms with E-state index in [1.54, 1.807) is 6.92 Å². The van der Waals surface area contributed by atoms with Crippen LogP contribution in [-0.4, -0.2) is 16.1 Å². The number of nitro groups is 1. The lowest BCUT2D eigenvalue weighted by Gasteiger charge is -2.05. The molecule has 0 saturated heterocycles. The summed E-state index contributed by atoms with van der Waals surface area (Å²) in [6, 6.07) is 4.06. The second-order valence-corrected chi connectivity index (χ2v) is 3.40. The minimum absolute atomic E-state index is 0.269. The van der Waals surface area contributed by atoms with E-state index >= 15 is 0 Å². The molecule has 1 aromatic rings. The zero-order valence-electron chi connectivity index (χ0n) is 8.31. The molecule has 0 heterocycles. The lowest BCUT2D eigenvalue weighted by atomic mass is 10.1. The summed E-state index contributed by atoms with van der Waals surface area (Å²) in [5, 5.41) is 19.5. The van der Waals surface area contributed by atoms with E-state index < -0.39 is 22.5 Å². The van der Waals surface area contributed by atoms with Crippen LogP contribution < -0.4 is 0 Å². The third-order valence-electron chi connectivity index (χ3n) is 2.09. The van der Waals surface area contributed by atoms with E-state index in [1.165, 1.54) is 12.1 Å². The van der Waals surface area contributed by atoms with Crippen LogP contribution in [-0.2, 0) is 6.42 Å². The van der Waals surface area contributed by atoms with Gasteiger partial charge in [0.05, 0.1) is 11.0 Å². The Bertz CT molecular complexity index is 366. The van der Waals surface area contributed by atoms with E-state index in [-0.39, 0.29) is 5.56 Å². The number of aliphatic hydroxyl groups excluding tert-OH is 1. The van der Waals surface area contributed by atoms with Gasteiger partial charge in [-0.05, 0) is 25.3 Å². The summed E-state index contributed by atoms with van der Waals surface area (Å²) < 4.78 is 13.5. The summed E-state index contributed by atoms with van der Waals surface area (Å²) in [5.41, 5.74) is -0.247. The van der Waals surface area contributed by atoms with Gasteiger partial charge in [-0.2, -0.15) is 4.39 Å². The Kier molecular flexibility index (Phi) is 3.74. The lowest BCUT2D eigenvalue weighted by Crippen LogP contribution is -2.04. The number of hydrogen-bond donors (Lipinski definition) is 1. The van der Waals surface area contributed by atoms with E-state index in [9.17, 15) is 14.5 Å². The number of nitro benzene ring substituents is 1. The summed E-state index contributed by atoms with van der Waals surface area (Å²) in [4.78, 5) is 9.68. The lowest BCUT2D eigenvalue weighted by molar-refractivity contribution is -0.387. The fourth-order valence-electron chi connectivity index (χ4n) is 1.26. The van der Waals surface area contributed by atoms with E-state index in [0.717, 1.165) is 6.07 Å². The number of benzene rings is 1. The molecular formula is C10H12FNO3. The van der Waals surface area contributed by atoms with Gasteiger partial charge in [-0.15, -0.1) is 0 Å². The predicted octanol–water partition coefficient (Wildman–Crippen LogP) is 2.05. The minimum atomic E-state index is -0.803. The van der Waals surface area contributed by atoms with Crippen LogP contribution in [0, 0.1) is 15.9 Å². The summed E-state index contributed by atoms with van der Waals surface area (Å²) in [6.07, 6.45) is 0.146. The largest absolute Gasteiger partial charge is 0.393 e. The van der Waals surface area contributed by atoms with E-state index in [4.69, 9.17) is 5.11 Å². The topological polar surface area (TPSA) is 63.4 Å². The molecule has 0 aliphatic heterocycles. The normalized spacial score (nSPS) is 12.5. The van der Waals surface area contributed by atoms with Gasteiger partial charge in [0.15, 0.2) is 0 Å². The standard InChI is InChI=1S/C10H12FNO3/c1-7(13)5-6-8-3-2-4-9(10(8)11)12(14)15/h2-4,7,13H,5-6H2,1H3/t7-/m0/s1. The van der Waals surface area contributed by atoms with E-state index in [1.807, 2.05) is 0 Å². The maximum Gasteiger partial charge on any atom is 0.305 e. The van der Waals surface area contributed by atoms with Crippen molar-refractivity contribution in [2.45, 2.75) is 25.9 Å². The van der Waals surface area contributed by atoms with Crippen LogP contribution in [0.4, 0.5) is 10.1 Å². The minimum Gasteiger partial charge on any atom is -0.393 e. The fourth-order valence-corrected chi connectivity index (χ4v) is 1.26. The molecule has 0 aliphatic carbocycles. The zero-order chi connectivity index (χ0) is 11.4. The molecule has 5 heteroatoms. The van der Waals surface area contributed by atoms with Crippen LogP contribution in [0.15, 0.2) is 18.2 Å². The Morgan fingerprint density at radius 2 is 2.27 bits per heavy atom. The highest BCUT2D eigenvalue weighted by Gasteiger charge is 2.16. The Hall–Kier alpha value is -1.49. The average Bonchev–Trinajstić information content (AvgIpc) is 2.15. The molecule has 4 nitrogen and oxygen atoms in total.